The average molecular weight is 272 g/mol. The van der Waals surface area contributed by atoms with Crippen LogP contribution < -0.4 is 11.1 Å². The van der Waals surface area contributed by atoms with Crippen molar-refractivity contribution in [3.63, 3.8) is 0 Å². The maximum absolute atomic E-state index is 11.3. The highest BCUT2D eigenvalue weighted by molar-refractivity contribution is 8.01. The molecule has 0 aliphatic carbocycles. The number of nitrogens with zero attached hydrogens (tertiary/aromatic N) is 2. The van der Waals surface area contributed by atoms with Gasteiger partial charge >= 0.3 is 6.03 Å². The lowest BCUT2D eigenvalue weighted by Gasteiger charge is -2.10. The van der Waals surface area contributed by atoms with Gasteiger partial charge in [-0.2, -0.15) is 0 Å². The summed E-state index contributed by atoms with van der Waals surface area (Å²) in [6.07, 6.45) is 0. The molecule has 0 spiro atoms. The minimum atomic E-state index is -0.309. The fourth-order valence-corrected chi connectivity index (χ4v) is 3.47. The Morgan fingerprint density at radius 3 is 2.88 bits per heavy atom. The van der Waals surface area contributed by atoms with Gasteiger partial charge in [0.2, 0.25) is 5.91 Å². The number of carbonyl (C=O) groups is 2. The molecule has 0 radical (unpaired) electrons. The predicted octanol–water partition coefficient (Wildman–Crippen LogP) is 0.678. The van der Waals surface area contributed by atoms with Crippen LogP contribution in [-0.4, -0.2) is 40.7 Å². The lowest BCUT2D eigenvalue weighted by atomic mass is 10.5. The normalized spacial score (nSPS) is 15.5. The summed E-state index contributed by atoms with van der Waals surface area (Å²) < 4.78 is 1.04. The van der Waals surface area contributed by atoms with Crippen molar-refractivity contribution in [2.75, 3.05) is 24.6 Å². The van der Waals surface area contributed by atoms with Crippen LogP contribution in [0.25, 0.3) is 0 Å². The molecule has 1 aromatic heterocycles. The van der Waals surface area contributed by atoms with Crippen molar-refractivity contribution in [2.24, 2.45) is 0 Å². The average Bonchev–Trinajstić information content (AvgIpc) is 2.74. The van der Waals surface area contributed by atoms with Crippen LogP contribution in [0.2, 0.25) is 0 Å². The van der Waals surface area contributed by atoms with Gasteiger partial charge in [0.1, 0.15) is 0 Å². The van der Waals surface area contributed by atoms with Crippen LogP contribution in [0.3, 0.4) is 0 Å². The smallest absolute Gasteiger partial charge is 0.324 e. The van der Waals surface area contributed by atoms with Crippen molar-refractivity contribution < 1.29 is 9.59 Å². The molecule has 1 aliphatic heterocycles. The Morgan fingerprint density at radius 1 is 1.59 bits per heavy atom. The van der Waals surface area contributed by atoms with E-state index >= 15 is 0 Å². The SMILES string of the molecule is Cc1nc(N)sc1SCCN1C(=O)CNC1=O. The van der Waals surface area contributed by atoms with Gasteiger partial charge in [-0.05, 0) is 6.92 Å². The molecule has 3 amide bonds. The molecule has 0 bridgehead atoms. The number of anilines is 1. The van der Waals surface area contributed by atoms with Crippen molar-refractivity contribution in [1.82, 2.24) is 15.2 Å². The van der Waals surface area contributed by atoms with Crippen LogP contribution in [0.4, 0.5) is 9.93 Å². The first kappa shape index (κ1) is 12.2. The lowest BCUT2D eigenvalue weighted by molar-refractivity contribution is -0.124. The molecular weight excluding hydrogens is 260 g/mol. The first-order valence-electron chi connectivity index (χ1n) is 5.02. The minimum absolute atomic E-state index is 0.107. The molecule has 1 aliphatic rings. The summed E-state index contributed by atoms with van der Waals surface area (Å²) in [5, 5.41) is 3.02. The largest absolute Gasteiger partial charge is 0.375 e. The third-order valence-electron chi connectivity index (χ3n) is 2.26. The van der Waals surface area contributed by atoms with E-state index in [0.29, 0.717) is 17.4 Å². The third kappa shape index (κ3) is 2.70. The first-order chi connectivity index (χ1) is 8.08. The molecule has 2 rings (SSSR count). The van der Waals surface area contributed by atoms with Gasteiger partial charge in [-0.25, -0.2) is 9.78 Å². The second-order valence-corrected chi connectivity index (χ2v) is 5.87. The molecule has 1 fully saturated rings. The van der Waals surface area contributed by atoms with Crippen molar-refractivity contribution in [1.29, 1.82) is 0 Å². The van der Waals surface area contributed by atoms with E-state index in [4.69, 9.17) is 5.73 Å². The molecule has 2 heterocycles. The van der Waals surface area contributed by atoms with Gasteiger partial charge in [-0.1, -0.05) is 11.3 Å². The van der Waals surface area contributed by atoms with E-state index in [0.717, 1.165) is 9.90 Å². The molecule has 0 atom stereocenters. The van der Waals surface area contributed by atoms with E-state index in [1.54, 1.807) is 11.8 Å². The second kappa shape index (κ2) is 4.92. The molecule has 8 heteroatoms. The Hall–Kier alpha value is -1.28. The molecule has 1 saturated heterocycles. The highest BCUT2D eigenvalue weighted by Crippen LogP contribution is 2.30. The van der Waals surface area contributed by atoms with E-state index in [1.807, 2.05) is 6.92 Å². The highest BCUT2D eigenvalue weighted by atomic mass is 32.2. The summed E-state index contributed by atoms with van der Waals surface area (Å²) in [5.74, 6) is 0.484. The van der Waals surface area contributed by atoms with Crippen molar-refractivity contribution in [3.8, 4) is 0 Å². The number of thioether (sulfide) groups is 1. The summed E-state index contributed by atoms with van der Waals surface area (Å²) in [7, 11) is 0. The number of imide groups is 1. The first-order valence-corrected chi connectivity index (χ1v) is 6.82. The number of carbonyl (C=O) groups excluding carboxylic acids is 2. The zero-order valence-corrected chi connectivity index (χ0v) is 10.9. The van der Waals surface area contributed by atoms with E-state index in [9.17, 15) is 9.59 Å². The molecule has 92 valence electrons. The fourth-order valence-electron chi connectivity index (χ4n) is 1.45. The predicted molar refractivity (Wildman–Crippen MR) is 67.1 cm³/mol. The van der Waals surface area contributed by atoms with E-state index in [-0.39, 0.29) is 18.5 Å². The van der Waals surface area contributed by atoms with Crippen LogP contribution >= 0.6 is 23.1 Å². The highest BCUT2D eigenvalue weighted by Gasteiger charge is 2.27. The van der Waals surface area contributed by atoms with Crippen LogP contribution in [0.15, 0.2) is 4.21 Å². The van der Waals surface area contributed by atoms with Gasteiger partial charge in [0.05, 0.1) is 16.4 Å². The van der Waals surface area contributed by atoms with E-state index in [1.165, 1.54) is 16.2 Å². The third-order valence-corrected chi connectivity index (χ3v) is 4.58. The molecular formula is C9H12N4O2S2. The fraction of sp³-hybridized carbons (Fsp3) is 0.444. The molecule has 17 heavy (non-hydrogen) atoms. The van der Waals surface area contributed by atoms with E-state index < -0.39 is 0 Å². The Balaban J connectivity index is 1.85. The zero-order valence-electron chi connectivity index (χ0n) is 9.23. The molecule has 0 aromatic carbocycles. The number of rotatable bonds is 4. The van der Waals surface area contributed by atoms with E-state index in [2.05, 4.69) is 10.3 Å². The van der Waals surface area contributed by atoms with Crippen LogP contribution in [0, 0.1) is 6.92 Å². The molecule has 0 unspecified atom stereocenters. The Bertz CT molecular complexity index is 444. The lowest BCUT2D eigenvalue weighted by Crippen LogP contribution is -2.32. The van der Waals surface area contributed by atoms with Crippen molar-refractivity contribution in [3.05, 3.63) is 5.69 Å². The number of hydrogen-bond donors (Lipinski definition) is 2. The summed E-state index contributed by atoms with van der Waals surface area (Å²) in [4.78, 5) is 27.9. The maximum Gasteiger partial charge on any atom is 0.324 e. The number of thiazole rings is 1. The Kier molecular flexibility index (Phi) is 3.53. The number of urea groups is 1. The van der Waals surface area contributed by atoms with Gasteiger partial charge in [0.25, 0.3) is 0 Å². The van der Waals surface area contributed by atoms with Crippen molar-refractivity contribution >= 4 is 40.2 Å². The van der Waals surface area contributed by atoms with Gasteiger partial charge in [-0.15, -0.1) is 11.8 Å². The monoisotopic (exact) mass is 272 g/mol. The molecule has 6 nitrogen and oxygen atoms in total. The summed E-state index contributed by atoms with van der Waals surface area (Å²) in [5.41, 5.74) is 6.48. The van der Waals surface area contributed by atoms with Crippen LogP contribution in [0.5, 0.6) is 0 Å². The van der Waals surface area contributed by atoms with Crippen molar-refractivity contribution in [2.45, 2.75) is 11.1 Å². The molecule has 0 saturated carbocycles. The number of nitrogens with two attached hydrogens (primary N) is 1. The van der Waals surface area contributed by atoms with Gasteiger partial charge in [0.15, 0.2) is 5.13 Å². The second-order valence-electron chi connectivity index (χ2n) is 3.48. The Morgan fingerprint density at radius 2 is 2.35 bits per heavy atom. The summed E-state index contributed by atoms with van der Waals surface area (Å²) in [6.45, 7) is 2.41. The number of nitrogens with one attached hydrogen (secondary N) is 1. The summed E-state index contributed by atoms with van der Waals surface area (Å²) >= 11 is 2.98. The quantitative estimate of drug-likeness (QED) is 0.621. The number of nitrogen functional groups attached to an aromatic ring is 1. The maximum atomic E-state index is 11.3. The Labute approximate surface area is 107 Å². The minimum Gasteiger partial charge on any atom is -0.375 e. The van der Waals surface area contributed by atoms with Crippen LogP contribution in [-0.2, 0) is 4.79 Å². The zero-order chi connectivity index (χ0) is 12.4. The number of aryl methyl sites for hydroxylation is 1. The summed E-state index contributed by atoms with van der Waals surface area (Å²) in [6, 6.07) is -0.309. The van der Waals surface area contributed by atoms with Gasteiger partial charge in [0, 0.05) is 12.3 Å². The van der Waals surface area contributed by atoms with Crippen LogP contribution in [0.1, 0.15) is 5.69 Å². The molecule has 3 N–H and O–H groups in total. The number of aromatic nitrogens is 1. The van der Waals surface area contributed by atoms with Gasteiger partial charge < -0.3 is 11.1 Å². The van der Waals surface area contributed by atoms with Gasteiger partial charge in [-0.3, -0.25) is 9.69 Å². The number of amides is 3. The standard InChI is InChI=1S/C9H12N4O2S2/c1-5-7(17-8(10)12-5)16-3-2-13-6(14)4-11-9(13)15/h2-4H2,1H3,(H2,10,12)(H,11,15). The number of hydrogen-bond acceptors (Lipinski definition) is 6. The molecule has 1 aromatic rings. The topological polar surface area (TPSA) is 88.3 Å².